The molecule has 0 fully saturated rings. The molecule has 7 heteroatoms. The number of rotatable bonds is 8. The molecule has 0 unspecified atom stereocenters. The van der Waals surface area contributed by atoms with E-state index in [1.807, 2.05) is 12.1 Å². The Labute approximate surface area is 167 Å². The topological polar surface area (TPSA) is 106 Å². The van der Waals surface area contributed by atoms with Gasteiger partial charge in [-0.25, -0.2) is 9.78 Å². The molecule has 0 saturated carbocycles. The van der Waals surface area contributed by atoms with Crippen LogP contribution in [0.4, 0.5) is 0 Å². The van der Waals surface area contributed by atoms with Crippen molar-refractivity contribution < 1.29 is 23.8 Å². The second-order valence-corrected chi connectivity index (χ2v) is 6.04. The summed E-state index contributed by atoms with van der Waals surface area (Å²) in [6.45, 7) is 3.22. The Morgan fingerprint density at radius 1 is 1.38 bits per heavy atom. The van der Waals surface area contributed by atoms with Crippen molar-refractivity contribution in [2.75, 3.05) is 13.7 Å². The van der Waals surface area contributed by atoms with Gasteiger partial charge in [-0.1, -0.05) is 18.2 Å². The van der Waals surface area contributed by atoms with Gasteiger partial charge in [-0.2, -0.15) is 5.26 Å². The molecular formula is C22H18N2O5. The van der Waals surface area contributed by atoms with E-state index < -0.39 is 12.6 Å². The first-order chi connectivity index (χ1) is 14.0. The molecule has 0 aliphatic rings. The predicted molar refractivity (Wildman–Crippen MR) is 108 cm³/mol. The Hall–Kier alpha value is -4.05. The number of nitrogens with zero attached hydrogens (tertiary/aromatic N) is 2. The van der Waals surface area contributed by atoms with E-state index in [0.717, 1.165) is 0 Å². The summed E-state index contributed by atoms with van der Waals surface area (Å²) in [6, 6.07) is 12.8. The highest BCUT2D eigenvalue weighted by Gasteiger charge is 2.15. The number of methoxy groups -OCH3 is 1. The number of hydrogen-bond acceptors (Lipinski definition) is 6. The van der Waals surface area contributed by atoms with E-state index in [0.29, 0.717) is 40.1 Å². The first-order valence-electron chi connectivity index (χ1n) is 8.69. The van der Waals surface area contributed by atoms with Crippen LogP contribution < -0.4 is 9.47 Å². The highest BCUT2D eigenvalue weighted by Crippen LogP contribution is 2.35. The number of nitriles is 1. The first kappa shape index (κ1) is 19.7. The van der Waals surface area contributed by atoms with Crippen LogP contribution in [0, 0.1) is 11.3 Å². The fourth-order valence-corrected chi connectivity index (χ4v) is 2.82. The minimum absolute atomic E-state index is 0.212. The minimum Gasteiger partial charge on any atom is -0.493 e. The maximum absolute atomic E-state index is 10.9. The average molecular weight is 390 g/mol. The van der Waals surface area contributed by atoms with Gasteiger partial charge in [0.2, 0.25) is 5.89 Å². The number of carbonyl (C=O) groups is 1. The number of allylic oxidation sites excluding steroid dienone is 2. The van der Waals surface area contributed by atoms with Crippen molar-refractivity contribution in [2.24, 2.45) is 0 Å². The number of ether oxygens (including phenoxy) is 2. The molecule has 0 atom stereocenters. The number of oxazole rings is 1. The molecule has 3 rings (SSSR count). The van der Waals surface area contributed by atoms with Gasteiger partial charge < -0.3 is 19.0 Å². The SMILES string of the molecule is C=CCc1cc(/C=C(\C#N)c2nc3ccccc3o2)cc(OC)c1OCC(=O)O. The van der Waals surface area contributed by atoms with Crippen molar-refractivity contribution in [1.82, 2.24) is 4.98 Å². The van der Waals surface area contributed by atoms with Gasteiger partial charge in [0, 0.05) is 5.56 Å². The van der Waals surface area contributed by atoms with Gasteiger partial charge in [0.25, 0.3) is 0 Å². The van der Waals surface area contributed by atoms with Crippen molar-refractivity contribution in [1.29, 1.82) is 5.26 Å². The third kappa shape index (κ3) is 4.45. The molecule has 3 aromatic rings. The monoisotopic (exact) mass is 390 g/mol. The van der Waals surface area contributed by atoms with Crippen LogP contribution in [0.15, 0.2) is 53.5 Å². The largest absolute Gasteiger partial charge is 0.493 e. The van der Waals surface area contributed by atoms with Crippen molar-refractivity contribution in [3.8, 4) is 17.6 Å². The highest BCUT2D eigenvalue weighted by molar-refractivity contribution is 5.89. The zero-order valence-corrected chi connectivity index (χ0v) is 15.7. The molecule has 2 aromatic carbocycles. The smallest absolute Gasteiger partial charge is 0.341 e. The van der Waals surface area contributed by atoms with Crippen LogP contribution in [0.5, 0.6) is 11.5 Å². The fourth-order valence-electron chi connectivity index (χ4n) is 2.82. The molecule has 7 nitrogen and oxygen atoms in total. The van der Waals surface area contributed by atoms with Gasteiger partial charge in [-0.15, -0.1) is 6.58 Å². The number of carboxylic acids is 1. The summed E-state index contributed by atoms with van der Waals surface area (Å²) in [5.74, 6) is -0.202. The molecule has 1 N–H and O–H groups in total. The van der Waals surface area contributed by atoms with Crippen molar-refractivity contribution >= 4 is 28.7 Å². The zero-order valence-electron chi connectivity index (χ0n) is 15.7. The molecule has 0 radical (unpaired) electrons. The number of fused-ring (bicyclic) bond motifs is 1. The molecule has 1 heterocycles. The fraction of sp³-hybridized carbons (Fsp3) is 0.136. The van der Waals surface area contributed by atoms with E-state index in [-0.39, 0.29) is 11.5 Å². The molecule has 1 aromatic heterocycles. The van der Waals surface area contributed by atoms with E-state index in [1.165, 1.54) is 7.11 Å². The molecular weight excluding hydrogens is 372 g/mol. The quantitative estimate of drug-likeness (QED) is 0.456. The van der Waals surface area contributed by atoms with Gasteiger partial charge in [-0.3, -0.25) is 0 Å². The summed E-state index contributed by atoms with van der Waals surface area (Å²) in [6.07, 6.45) is 3.72. The van der Waals surface area contributed by atoms with Crippen molar-refractivity contribution in [2.45, 2.75) is 6.42 Å². The second-order valence-electron chi connectivity index (χ2n) is 6.04. The zero-order chi connectivity index (χ0) is 20.8. The van der Waals surface area contributed by atoms with E-state index >= 15 is 0 Å². The lowest BCUT2D eigenvalue weighted by molar-refractivity contribution is -0.139. The van der Waals surface area contributed by atoms with Crippen LogP contribution in [0.2, 0.25) is 0 Å². The van der Waals surface area contributed by atoms with Crippen LogP contribution in [-0.4, -0.2) is 29.8 Å². The molecule has 0 aliphatic heterocycles. The first-order valence-corrected chi connectivity index (χ1v) is 8.69. The Morgan fingerprint density at radius 3 is 2.83 bits per heavy atom. The normalized spacial score (nSPS) is 11.1. The van der Waals surface area contributed by atoms with Gasteiger partial charge in [0.05, 0.1) is 7.11 Å². The Balaban J connectivity index is 2.06. The van der Waals surface area contributed by atoms with E-state index in [9.17, 15) is 10.1 Å². The number of carboxylic acid groups (broad SMARTS) is 1. The van der Waals surface area contributed by atoms with Crippen LogP contribution in [0.25, 0.3) is 22.7 Å². The van der Waals surface area contributed by atoms with Crippen LogP contribution in [0.1, 0.15) is 17.0 Å². The number of para-hydroxylation sites is 2. The maximum atomic E-state index is 10.9. The van der Waals surface area contributed by atoms with E-state index in [1.54, 1.807) is 36.4 Å². The third-order valence-corrected chi connectivity index (χ3v) is 4.03. The molecule has 0 bridgehead atoms. The summed E-state index contributed by atoms with van der Waals surface area (Å²) in [7, 11) is 1.46. The summed E-state index contributed by atoms with van der Waals surface area (Å²) in [5, 5.41) is 18.5. The van der Waals surface area contributed by atoms with Crippen LogP contribution >= 0.6 is 0 Å². The number of benzene rings is 2. The van der Waals surface area contributed by atoms with E-state index in [4.69, 9.17) is 19.0 Å². The molecule has 29 heavy (non-hydrogen) atoms. The minimum atomic E-state index is -1.09. The molecule has 0 saturated heterocycles. The summed E-state index contributed by atoms with van der Waals surface area (Å²) >= 11 is 0. The molecule has 0 aliphatic carbocycles. The van der Waals surface area contributed by atoms with Crippen molar-refractivity contribution in [3.05, 3.63) is 66.1 Å². The second kappa shape index (κ2) is 8.76. The maximum Gasteiger partial charge on any atom is 0.341 e. The Kier molecular flexibility index (Phi) is 5.95. The number of aliphatic carboxylic acids is 1. The summed E-state index contributed by atoms with van der Waals surface area (Å²) < 4.78 is 16.4. The molecule has 146 valence electrons. The van der Waals surface area contributed by atoms with E-state index in [2.05, 4.69) is 17.6 Å². The average Bonchev–Trinajstić information content (AvgIpc) is 3.14. The van der Waals surface area contributed by atoms with Gasteiger partial charge >= 0.3 is 5.97 Å². The van der Waals surface area contributed by atoms with Gasteiger partial charge in [-0.05, 0) is 42.3 Å². The van der Waals surface area contributed by atoms with Crippen LogP contribution in [0.3, 0.4) is 0 Å². The number of aromatic nitrogens is 1. The standard InChI is InChI=1S/C22H18N2O5/c1-3-6-15-9-14(11-19(27-2)21(15)28-13-20(25)26)10-16(12-23)22-24-17-7-4-5-8-18(17)29-22/h3-5,7-11H,1,6,13H2,2H3,(H,25,26)/b16-10+. The lowest BCUT2D eigenvalue weighted by Crippen LogP contribution is -2.11. The molecule has 0 spiro atoms. The summed E-state index contributed by atoms with van der Waals surface area (Å²) in [5.41, 5.74) is 2.82. The van der Waals surface area contributed by atoms with Gasteiger partial charge in [0.15, 0.2) is 23.7 Å². The van der Waals surface area contributed by atoms with Crippen LogP contribution in [-0.2, 0) is 11.2 Å². The van der Waals surface area contributed by atoms with Crippen molar-refractivity contribution in [3.63, 3.8) is 0 Å². The lowest BCUT2D eigenvalue weighted by atomic mass is 10.0. The van der Waals surface area contributed by atoms with Gasteiger partial charge in [0.1, 0.15) is 17.2 Å². The summed E-state index contributed by atoms with van der Waals surface area (Å²) in [4.78, 5) is 15.2. The Bertz CT molecular complexity index is 1100. The third-order valence-electron chi connectivity index (χ3n) is 4.03. The number of hydrogen-bond donors (Lipinski definition) is 1. The predicted octanol–water partition coefficient (Wildman–Crippen LogP) is 4.09. The molecule has 0 amide bonds. The Morgan fingerprint density at radius 2 is 2.17 bits per heavy atom. The lowest BCUT2D eigenvalue weighted by Gasteiger charge is -2.14. The highest BCUT2D eigenvalue weighted by atomic mass is 16.5.